The normalized spacial score (nSPS) is 22.3. The Balaban J connectivity index is 1.83. The number of hydrogen-bond donors (Lipinski definition) is 2. The summed E-state index contributed by atoms with van der Waals surface area (Å²) in [5.41, 5.74) is 5.54. The number of nitrogens with zero attached hydrogens (tertiary/aromatic N) is 2. The maximum Gasteiger partial charge on any atom is 0.271 e. The third-order valence-corrected chi connectivity index (χ3v) is 4.89. The third-order valence-electron chi connectivity index (χ3n) is 4.12. The SMILES string of the molecule is NC[C@H]1CCCC[C@@H]1NC(=O)c1cnc2sccn2c1=O. The van der Waals surface area contributed by atoms with E-state index in [0.717, 1.165) is 25.7 Å². The summed E-state index contributed by atoms with van der Waals surface area (Å²) in [5.74, 6) is -0.0539. The van der Waals surface area contributed by atoms with Crippen LogP contribution in [0.1, 0.15) is 36.0 Å². The van der Waals surface area contributed by atoms with Crippen molar-refractivity contribution in [1.82, 2.24) is 14.7 Å². The van der Waals surface area contributed by atoms with E-state index in [1.165, 1.54) is 21.9 Å². The van der Waals surface area contributed by atoms with Gasteiger partial charge in [-0.25, -0.2) is 4.98 Å². The van der Waals surface area contributed by atoms with Crippen LogP contribution in [0.2, 0.25) is 0 Å². The quantitative estimate of drug-likeness (QED) is 0.885. The van der Waals surface area contributed by atoms with E-state index in [9.17, 15) is 9.59 Å². The van der Waals surface area contributed by atoms with Gasteiger partial charge in [-0.1, -0.05) is 12.8 Å². The smallest absolute Gasteiger partial charge is 0.271 e. The molecule has 1 aliphatic carbocycles. The van der Waals surface area contributed by atoms with Crippen molar-refractivity contribution in [3.63, 3.8) is 0 Å². The van der Waals surface area contributed by atoms with Gasteiger partial charge in [0.2, 0.25) is 0 Å². The van der Waals surface area contributed by atoms with Gasteiger partial charge < -0.3 is 11.1 Å². The molecule has 1 fully saturated rings. The fourth-order valence-corrected chi connectivity index (χ4v) is 3.58. The van der Waals surface area contributed by atoms with E-state index in [0.29, 0.717) is 17.4 Å². The first-order valence-corrected chi connectivity index (χ1v) is 8.04. The molecule has 2 aromatic heterocycles. The maximum atomic E-state index is 12.4. The molecule has 1 aliphatic rings. The second-order valence-electron chi connectivity index (χ2n) is 5.39. The lowest BCUT2D eigenvalue weighted by Gasteiger charge is -2.31. The van der Waals surface area contributed by atoms with Gasteiger partial charge in [-0.3, -0.25) is 14.0 Å². The maximum absolute atomic E-state index is 12.4. The minimum absolute atomic E-state index is 0.0545. The Morgan fingerprint density at radius 3 is 3.10 bits per heavy atom. The minimum atomic E-state index is -0.349. The molecule has 21 heavy (non-hydrogen) atoms. The van der Waals surface area contributed by atoms with Gasteiger partial charge in [-0.05, 0) is 25.3 Å². The highest BCUT2D eigenvalue weighted by molar-refractivity contribution is 7.15. The second kappa shape index (κ2) is 5.95. The average molecular weight is 306 g/mol. The Bertz CT molecular complexity index is 708. The van der Waals surface area contributed by atoms with Crippen molar-refractivity contribution >= 4 is 22.2 Å². The van der Waals surface area contributed by atoms with Crippen LogP contribution >= 0.6 is 11.3 Å². The van der Waals surface area contributed by atoms with Gasteiger partial charge in [0.15, 0.2) is 4.96 Å². The summed E-state index contributed by atoms with van der Waals surface area (Å²) in [6, 6.07) is 0.0545. The van der Waals surface area contributed by atoms with Crippen LogP contribution in [0.5, 0.6) is 0 Å². The molecule has 7 heteroatoms. The number of carbonyl (C=O) groups is 1. The van der Waals surface area contributed by atoms with Crippen molar-refractivity contribution in [3.05, 3.63) is 33.7 Å². The number of amides is 1. The van der Waals surface area contributed by atoms with Crippen LogP contribution in [-0.2, 0) is 0 Å². The van der Waals surface area contributed by atoms with Crippen LogP contribution in [0.4, 0.5) is 0 Å². The molecule has 0 aromatic carbocycles. The first-order chi connectivity index (χ1) is 10.2. The van der Waals surface area contributed by atoms with E-state index in [1.54, 1.807) is 11.6 Å². The number of nitrogens with one attached hydrogen (secondary N) is 1. The summed E-state index contributed by atoms with van der Waals surface area (Å²) in [4.78, 5) is 29.4. The van der Waals surface area contributed by atoms with Crippen molar-refractivity contribution in [2.24, 2.45) is 11.7 Å². The first-order valence-electron chi connectivity index (χ1n) is 7.16. The predicted molar refractivity (Wildman–Crippen MR) is 81.6 cm³/mol. The van der Waals surface area contributed by atoms with Crippen LogP contribution in [0.3, 0.4) is 0 Å². The summed E-state index contributed by atoms with van der Waals surface area (Å²) in [5, 5.41) is 4.74. The molecule has 3 N–H and O–H groups in total. The van der Waals surface area contributed by atoms with Gasteiger partial charge in [0.25, 0.3) is 11.5 Å². The number of nitrogens with two attached hydrogens (primary N) is 1. The number of aromatic nitrogens is 2. The number of hydrogen-bond acceptors (Lipinski definition) is 5. The topological polar surface area (TPSA) is 89.5 Å². The van der Waals surface area contributed by atoms with Crippen molar-refractivity contribution in [2.45, 2.75) is 31.7 Å². The molecule has 6 nitrogen and oxygen atoms in total. The standard InChI is InChI=1S/C14H18N4O2S/c15-7-9-3-1-2-4-11(9)17-12(19)10-8-16-14-18(13(10)20)5-6-21-14/h5-6,8-9,11H,1-4,7,15H2,(H,17,19)/t9-,11+/m1/s1. The molecular formula is C14H18N4O2S. The van der Waals surface area contributed by atoms with Gasteiger partial charge in [0.1, 0.15) is 5.56 Å². The van der Waals surface area contributed by atoms with Gasteiger partial charge in [0.05, 0.1) is 0 Å². The Morgan fingerprint density at radius 2 is 2.29 bits per heavy atom. The number of rotatable bonds is 3. The summed E-state index contributed by atoms with van der Waals surface area (Å²) >= 11 is 1.37. The lowest BCUT2D eigenvalue weighted by atomic mass is 9.84. The number of fused-ring (bicyclic) bond motifs is 1. The summed E-state index contributed by atoms with van der Waals surface area (Å²) < 4.78 is 1.40. The molecule has 0 aliphatic heterocycles. The minimum Gasteiger partial charge on any atom is -0.349 e. The van der Waals surface area contributed by atoms with Crippen molar-refractivity contribution < 1.29 is 4.79 Å². The van der Waals surface area contributed by atoms with Crippen LogP contribution in [0.25, 0.3) is 4.96 Å². The average Bonchev–Trinajstić information content (AvgIpc) is 2.97. The summed E-state index contributed by atoms with van der Waals surface area (Å²) in [6.07, 6.45) is 7.19. The molecule has 2 atom stereocenters. The lowest BCUT2D eigenvalue weighted by molar-refractivity contribution is 0.0906. The Kier molecular flexibility index (Phi) is 4.03. The third kappa shape index (κ3) is 2.71. The number of thiazole rings is 1. The first kappa shape index (κ1) is 14.2. The van der Waals surface area contributed by atoms with Crippen LogP contribution in [0.15, 0.2) is 22.6 Å². The zero-order chi connectivity index (χ0) is 14.8. The molecule has 0 radical (unpaired) electrons. The van der Waals surface area contributed by atoms with E-state index in [2.05, 4.69) is 10.3 Å². The Hall–Kier alpha value is -1.73. The molecular weight excluding hydrogens is 288 g/mol. The molecule has 2 heterocycles. The summed E-state index contributed by atoms with van der Waals surface area (Å²) in [7, 11) is 0. The van der Waals surface area contributed by atoms with Crippen molar-refractivity contribution in [3.8, 4) is 0 Å². The van der Waals surface area contributed by atoms with E-state index in [1.807, 2.05) is 0 Å². The highest BCUT2D eigenvalue weighted by atomic mass is 32.1. The van der Waals surface area contributed by atoms with E-state index in [-0.39, 0.29) is 23.1 Å². The van der Waals surface area contributed by atoms with Crippen LogP contribution in [-0.4, -0.2) is 27.9 Å². The molecule has 112 valence electrons. The monoisotopic (exact) mass is 306 g/mol. The van der Waals surface area contributed by atoms with E-state index < -0.39 is 0 Å². The van der Waals surface area contributed by atoms with Gasteiger partial charge >= 0.3 is 0 Å². The van der Waals surface area contributed by atoms with Crippen LogP contribution < -0.4 is 16.6 Å². The molecule has 1 saturated carbocycles. The summed E-state index contributed by atoms with van der Waals surface area (Å²) in [6.45, 7) is 0.561. The Morgan fingerprint density at radius 1 is 1.48 bits per heavy atom. The zero-order valence-corrected chi connectivity index (χ0v) is 12.4. The van der Waals surface area contributed by atoms with E-state index >= 15 is 0 Å². The Labute approximate surface area is 126 Å². The largest absolute Gasteiger partial charge is 0.349 e. The predicted octanol–water partition coefficient (Wildman–Crippen LogP) is 1.00. The van der Waals surface area contributed by atoms with Crippen molar-refractivity contribution in [2.75, 3.05) is 6.54 Å². The second-order valence-corrected chi connectivity index (χ2v) is 6.27. The lowest BCUT2D eigenvalue weighted by Crippen LogP contribution is -2.46. The molecule has 0 bridgehead atoms. The molecule has 3 rings (SSSR count). The van der Waals surface area contributed by atoms with Gasteiger partial charge in [0, 0.05) is 23.8 Å². The molecule has 2 aromatic rings. The van der Waals surface area contributed by atoms with Crippen molar-refractivity contribution in [1.29, 1.82) is 0 Å². The molecule has 0 saturated heterocycles. The highest BCUT2D eigenvalue weighted by Gasteiger charge is 2.26. The number of carbonyl (C=O) groups excluding carboxylic acids is 1. The molecule has 0 unspecified atom stereocenters. The highest BCUT2D eigenvalue weighted by Crippen LogP contribution is 2.23. The fourth-order valence-electron chi connectivity index (χ4n) is 2.91. The van der Waals surface area contributed by atoms with Crippen LogP contribution in [0, 0.1) is 5.92 Å². The fraction of sp³-hybridized carbons (Fsp3) is 0.500. The van der Waals surface area contributed by atoms with Gasteiger partial charge in [-0.15, -0.1) is 11.3 Å². The molecule has 1 amide bonds. The van der Waals surface area contributed by atoms with E-state index in [4.69, 9.17) is 5.73 Å². The zero-order valence-electron chi connectivity index (χ0n) is 11.6. The molecule has 0 spiro atoms. The van der Waals surface area contributed by atoms with Gasteiger partial charge in [-0.2, -0.15) is 0 Å².